The highest BCUT2D eigenvalue weighted by atomic mass is 16.5. The molecule has 0 aliphatic carbocycles. The normalized spacial score (nSPS) is 13.3. The van der Waals surface area contributed by atoms with Crippen molar-refractivity contribution in [1.82, 2.24) is 4.90 Å². The van der Waals surface area contributed by atoms with Crippen LogP contribution in [-0.2, 0) is 9.53 Å². The van der Waals surface area contributed by atoms with E-state index in [9.17, 15) is 14.4 Å². The minimum Gasteiger partial charge on any atom is -0.465 e. The minimum absolute atomic E-state index is 0.00620. The Morgan fingerprint density at radius 2 is 1.52 bits per heavy atom. The summed E-state index contributed by atoms with van der Waals surface area (Å²) in [7, 11) is 1.31. The number of hydrogen-bond donors (Lipinski definition) is 1. The van der Waals surface area contributed by atoms with Crippen molar-refractivity contribution in [2.75, 3.05) is 43.5 Å². The van der Waals surface area contributed by atoms with E-state index >= 15 is 0 Å². The van der Waals surface area contributed by atoms with Gasteiger partial charge in [-0.2, -0.15) is 0 Å². The Hall–Kier alpha value is -5.11. The summed E-state index contributed by atoms with van der Waals surface area (Å²) in [5.74, 6) is 0.363. The van der Waals surface area contributed by atoms with Crippen LogP contribution in [0, 0.1) is 0 Å². The fourth-order valence-electron chi connectivity index (χ4n) is 4.60. The first-order valence-corrected chi connectivity index (χ1v) is 13.0. The van der Waals surface area contributed by atoms with Crippen molar-refractivity contribution in [1.29, 1.82) is 0 Å². The van der Waals surface area contributed by atoms with E-state index in [0.29, 0.717) is 54.5 Å². The predicted molar refractivity (Wildman–Crippen MR) is 154 cm³/mol. The van der Waals surface area contributed by atoms with E-state index in [4.69, 9.17) is 9.15 Å². The summed E-state index contributed by atoms with van der Waals surface area (Å²) in [6.07, 6.45) is 2.98. The minimum atomic E-state index is -0.500. The molecule has 8 nitrogen and oxygen atoms in total. The second-order valence-corrected chi connectivity index (χ2v) is 9.26. The SMILES string of the molecule is COC(=O)c1ccc(N2CCN(C(=O)c3ccccc3)CC2)c(NC(=O)/C=C/c2ccc(-c3ccccc3)o2)c1. The number of nitrogens with one attached hydrogen (secondary N) is 1. The van der Waals surface area contributed by atoms with Crippen LogP contribution in [0.4, 0.5) is 11.4 Å². The van der Waals surface area contributed by atoms with Gasteiger partial charge < -0.3 is 24.3 Å². The molecule has 0 spiro atoms. The predicted octanol–water partition coefficient (Wildman–Crippen LogP) is 5.35. The molecule has 0 saturated carbocycles. The summed E-state index contributed by atoms with van der Waals surface area (Å²) in [6, 6.07) is 27.6. The molecule has 8 heteroatoms. The molecule has 0 atom stereocenters. The lowest BCUT2D eigenvalue weighted by molar-refractivity contribution is -0.111. The van der Waals surface area contributed by atoms with Gasteiger partial charge in [0.05, 0.1) is 24.0 Å². The van der Waals surface area contributed by atoms with E-state index in [2.05, 4.69) is 10.2 Å². The van der Waals surface area contributed by atoms with E-state index in [1.165, 1.54) is 13.2 Å². The van der Waals surface area contributed by atoms with E-state index < -0.39 is 5.97 Å². The van der Waals surface area contributed by atoms with Gasteiger partial charge in [0.2, 0.25) is 5.91 Å². The zero-order chi connectivity index (χ0) is 27.9. The van der Waals surface area contributed by atoms with E-state index in [-0.39, 0.29) is 11.8 Å². The summed E-state index contributed by atoms with van der Waals surface area (Å²) in [5, 5.41) is 2.90. The maximum absolute atomic E-state index is 12.9. The van der Waals surface area contributed by atoms with Crippen LogP contribution in [0.3, 0.4) is 0 Å². The smallest absolute Gasteiger partial charge is 0.337 e. The number of nitrogens with zero attached hydrogens (tertiary/aromatic N) is 2. The first-order valence-electron chi connectivity index (χ1n) is 13.0. The molecule has 5 rings (SSSR count). The lowest BCUT2D eigenvalue weighted by atomic mass is 10.1. The highest BCUT2D eigenvalue weighted by molar-refractivity contribution is 6.05. The molecule has 1 N–H and O–H groups in total. The zero-order valence-electron chi connectivity index (χ0n) is 22.1. The molecule has 1 saturated heterocycles. The van der Waals surface area contributed by atoms with Crippen molar-refractivity contribution in [3.8, 4) is 11.3 Å². The number of ether oxygens (including phenoxy) is 1. The number of amides is 2. The first-order chi connectivity index (χ1) is 19.5. The average molecular weight is 536 g/mol. The summed E-state index contributed by atoms with van der Waals surface area (Å²) >= 11 is 0. The first kappa shape index (κ1) is 26.5. The third-order valence-electron chi connectivity index (χ3n) is 6.69. The lowest BCUT2D eigenvalue weighted by Gasteiger charge is -2.37. The highest BCUT2D eigenvalue weighted by Gasteiger charge is 2.24. The van der Waals surface area contributed by atoms with Crippen molar-refractivity contribution in [3.05, 3.63) is 114 Å². The number of anilines is 2. The van der Waals surface area contributed by atoms with Crippen molar-refractivity contribution >= 4 is 35.2 Å². The van der Waals surface area contributed by atoms with Crippen LogP contribution >= 0.6 is 0 Å². The second kappa shape index (κ2) is 12.2. The van der Waals surface area contributed by atoms with Crippen LogP contribution in [0.15, 0.2) is 101 Å². The third kappa shape index (κ3) is 6.13. The van der Waals surface area contributed by atoms with E-state index in [0.717, 1.165) is 11.3 Å². The number of benzene rings is 3. The standard InChI is InChI=1S/C32H29N3O5/c1-39-32(38)25-12-15-28(34-18-20-35(21-19-34)31(37)24-10-6-3-7-11-24)27(22-25)33-30(36)17-14-26-13-16-29(40-26)23-8-4-2-5-9-23/h2-17,22H,18-21H2,1H3,(H,33,36)/b17-14+. The molecule has 40 heavy (non-hydrogen) atoms. The molecular weight excluding hydrogens is 506 g/mol. The van der Waals surface area contributed by atoms with Crippen LogP contribution < -0.4 is 10.2 Å². The Labute approximate surface area is 232 Å². The van der Waals surface area contributed by atoms with Gasteiger partial charge in [-0.15, -0.1) is 0 Å². The average Bonchev–Trinajstić information content (AvgIpc) is 3.49. The van der Waals surface area contributed by atoms with Crippen LogP contribution in [0.5, 0.6) is 0 Å². The summed E-state index contributed by atoms with van der Waals surface area (Å²) < 4.78 is 10.7. The number of carbonyl (C=O) groups excluding carboxylic acids is 3. The van der Waals surface area contributed by atoms with Gasteiger partial charge in [-0.25, -0.2) is 4.79 Å². The van der Waals surface area contributed by atoms with Gasteiger partial charge in [-0.3, -0.25) is 9.59 Å². The van der Waals surface area contributed by atoms with Gasteiger partial charge in [0.15, 0.2) is 0 Å². The number of furan rings is 1. The second-order valence-electron chi connectivity index (χ2n) is 9.26. The van der Waals surface area contributed by atoms with Gasteiger partial charge >= 0.3 is 5.97 Å². The number of rotatable bonds is 7. The fraction of sp³-hybridized carbons (Fsp3) is 0.156. The topological polar surface area (TPSA) is 92.1 Å². The largest absolute Gasteiger partial charge is 0.465 e. The molecule has 0 radical (unpaired) electrons. The number of piperazine rings is 1. The van der Waals surface area contributed by atoms with Gasteiger partial charge in [-0.1, -0.05) is 48.5 Å². The Morgan fingerprint density at radius 3 is 2.23 bits per heavy atom. The molecule has 1 aliphatic heterocycles. The summed E-state index contributed by atoms with van der Waals surface area (Å²) in [6.45, 7) is 2.21. The molecule has 3 aromatic carbocycles. The molecule has 0 bridgehead atoms. The van der Waals surface area contributed by atoms with Crippen molar-refractivity contribution in [2.24, 2.45) is 0 Å². The molecule has 1 aromatic heterocycles. The lowest BCUT2D eigenvalue weighted by Crippen LogP contribution is -2.49. The van der Waals surface area contributed by atoms with Gasteiger partial charge in [0, 0.05) is 43.4 Å². The number of methoxy groups -OCH3 is 1. The quantitative estimate of drug-likeness (QED) is 0.254. The van der Waals surface area contributed by atoms with Gasteiger partial charge in [0.1, 0.15) is 11.5 Å². The molecule has 1 fully saturated rings. The van der Waals surface area contributed by atoms with Crippen molar-refractivity contribution in [2.45, 2.75) is 0 Å². The molecule has 1 aliphatic rings. The van der Waals surface area contributed by atoms with Crippen LogP contribution in [0.2, 0.25) is 0 Å². The molecule has 0 unspecified atom stereocenters. The van der Waals surface area contributed by atoms with Crippen molar-refractivity contribution < 1.29 is 23.5 Å². The van der Waals surface area contributed by atoms with Gasteiger partial charge in [0.25, 0.3) is 5.91 Å². The molecular formula is C32H29N3O5. The van der Waals surface area contributed by atoms with E-state index in [1.807, 2.05) is 71.6 Å². The maximum atomic E-state index is 12.9. The number of carbonyl (C=O) groups is 3. The third-order valence-corrected chi connectivity index (χ3v) is 6.69. The zero-order valence-corrected chi connectivity index (χ0v) is 22.1. The Morgan fingerprint density at radius 1 is 0.825 bits per heavy atom. The summed E-state index contributed by atoms with van der Waals surface area (Å²) in [4.78, 5) is 41.9. The van der Waals surface area contributed by atoms with Crippen LogP contribution in [0.1, 0.15) is 26.5 Å². The monoisotopic (exact) mass is 535 g/mol. The van der Waals surface area contributed by atoms with Crippen LogP contribution in [0.25, 0.3) is 17.4 Å². The molecule has 2 heterocycles. The van der Waals surface area contributed by atoms with Gasteiger partial charge in [-0.05, 0) is 48.5 Å². The Bertz CT molecular complexity index is 1520. The maximum Gasteiger partial charge on any atom is 0.337 e. The molecule has 2 amide bonds. The fourth-order valence-corrected chi connectivity index (χ4v) is 4.60. The number of hydrogen-bond acceptors (Lipinski definition) is 6. The molecule has 4 aromatic rings. The summed E-state index contributed by atoms with van der Waals surface area (Å²) in [5.41, 5.74) is 3.16. The molecule has 202 valence electrons. The Kier molecular flexibility index (Phi) is 8.06. The van der Waals surface area contributed by atoms with E-state index in [1.54, 1.807) is 30.3 Å². The van der Waals surface area contributed by atoms with Crippen LogP contribution in [-0.4, -0.2) is 56.0 Å². The Balaban J connectivity index is 1.29. The van der Waals surface area contributed by atoms with Crippen molar-refractivity contribution in [3.63, 3.8) is 0 Å². The number of esters is 1. The highest BCUT2D eigenvalue weighted by Crippen LogP contribution is 2.29.